The highest BCUT2D eigenvalue weighted by molar-refractivity contribution is 7.98. The van der Waals surface area contributed by atoms with Crippen LogP contribution >= 0.6 is 11.8 Å². The van der Waals surface area contributed by atoms with Crippen molar-refractivity contribution < 1.29 is 39.3 Å². The van der Waals surface area contributed by atoms with Crippen LogP contribution in [0.1, 0.15) is 26.2 Å². The smallest absolute Gasteiger partial charge is 0.328 e. The highest BCUT2D eigenvalue weighted by atomic mass is 32.2. The fourth-order valence-corrected chi connectivity index (χ4v) is 2.68. The van der Waals surface area contributed by atoms with Crippen LogP contribution in [-0.4, -0.2) is 87.8 Å². The summed E-state index contributed by atoms with van der Waals surface area (Å²) in [6, 6.07) is -4.03. The van der Waals surface area contributed by atoms with Crippen LogP contribution < -0.4 is 21.7 Å². The summed E-state index contributed by atoms with van der Waals surface area (Å²) >= 11 is 1.42. The summed E-state index contributed by atoms with van der Waals surface area (Å²) in [4.78, 5) is 58.5. The molecule has 0 aliphatic rings. The van der Waals surface area contributed by atoms with Gasteiger partial charge in [0.2, 0.25) is 17.7 Å². The number of carboxylic acid groups (broad SMARTS) is 2. The Morgan fingerprint density at radius 1 is 0.966 bits per heavy atom. The van der Waals surface area contributed by atoms with E-state index < -0.39 is 60.3 Å². The second-order valence-corrected chi connectivity index (χ2v) is 7.15. The molecule has 0 bridgehead atoms. The van der Waals surface area contributed by atoms with Crippen LogP contribution in [0.3, 0.4) is 0 Å². The van der Waals surface area contributed by atoms with E-state index in [9.17, 15) is 29.1 Å². The van der Waals surface area contributed by atoms with E-state index in [2.05, 4.69) is 16.0 Å². The van der Waals surface area contributed by atoms with Crippen molar-refractivity contribution in [2.75, 3.05) is 18.6 Å². The Morgan fingerprint density at radius 3 is 1.97 bits per heavy atom. The predicted octanol–water partition coefficient (Wildman–Crippen LogP) is -2.52. The minimum Gasteiger partial charge on any atom is -0.481 e. The lowest BCUT2D eigenvalue weighted by Gasteiger charge is -2.25. The van der Waals surface area contributed by atoms with Gasteiger partial charge in [0, 0.05) is 6.42 Å². The van der Waals surface area contributed by atoms with E-state index in [1.807, 2.05) is 0 Å². The summed E-state index contributed by atoms with van der Waals surface area (Å²) in [6.45, 7) is 0.811. The number of nitrogens with two attached hydrogens (primary N) is 1. The zero-order valence-corrected chi connectivity index (χ0v) is 17.0. The maximum atomic E-state index is 12.5. The lowest BCUT2D eigenvalue weighted by molar-refractivity contribution is -0.145. The monoisotopic (exact) mass is 436 g/mol. The molecule has 4 unspecified atom stereocenters. The van der Waals surface area contributed by atoms with E-state index in [0.29, 0.717) is 5.75 Å². The number of carbonyl (C=O) groups excluding carboxylic acids is 3. The molecule has 8 N–H and O–H groups in total. The zero-order chi connectivity index (χ0) is 22.6. The Bertz CT molecular complexity index is 601. The molecule has 13 heteroatoms. The number of carbonyl (C=O) groups is 5. The molecule has 0 aliphatic heterocycles. The first kappa shape index (κ1) is 26.6. The third-order valence-corrected chi connectivity index (χ3v) is 4.42. The standard InChI is InChI=1S/C16H28N4O8S/c1-8(21)13(16(27)28)20-15(26)9(3-4-12(23)24)19-14(25)10(5-6-29-2)18-11(22)7-17/h8-10,13,21H,3-7,17H2,1-2H3,(H,18,22)(H,19,25)(H,20,26)(H,23,24)(H,27,28). The predicted molar refractivity (Wildman–Crippen MR) is 104 cm³/mol. The molecule has 0 saturated carbocycles. The largest absolute Gasteiger partial charge is 0.481 e. The molecular weight excluding hydrogens is 408 g/mol. The topological polar surface area (TPSA) is 208 Å². The number of carboxylic acids is 2. The van der Waals surface area contributed by atoms with Crippen molar-refractivity contribution in [3.05, 3.63) is 0 Å². The number of hydrogen-bond donors (Lipinski definition) is 7. The molecule has 0 saturated heterocycles. The van der Waals surface area contributed by atoms with Gasteiger partial charge in [-0.1, -0.05) is 0 Å². The lowest BCUT2D eigenvalue weighted by atomic mass is 10.1. The zero-order valence-electron chi connectivity index (χ0n) is 16.2. The normalized spacial score (nSPS) is 14.8. The molecule has 0 aromatic heterocycles. The van der Waals surface area contributed by atoms with Gasteiger partial charge in [0.15, 0.2) is 6.04 Å². The number of aliphatic hydroxyl groups excluding tert-OH is 1. The molecule has 3 amide bonds. The van der Waals surface area contributed by atoms with Gasteiger partial charge in [0.1, 0.15) is 12.1 Å². The highest BCUT2D eigenvalue weighted by Crippen LogP contribution is 2.05. The van der Waals surface area contributed by atoms with E-state index in [4.69, 9.17) is 15.9 Å². The average Bonchev–Trinajstić information content (AvgIpc) is 2.64. The minimum atomic E-state index is -1.64. The fraction of sp³-hybridized carbons (Fsp3) is 0.688. The molecular formula is C16H28N4O8S. The van der Waals surface area contributed by atoms with E-state index in [0.717, 1.165) is 6.92 Å². The molecule has 0 rings (SSSR count). The van der Waals surface area contributed by atoms with Crippen LogP contribution in [0.5, 0.6) is 0 Å². The molecule has 0 fully saturated rings. The van der Waals surface area contributed by atoms with Crippen molar-refractivity contribution in [1.82, 2.24) is 16.0 Å². The van der Waals surface area contributed by atoms with E-state index in [-0.39, 0.29) is 19.4 Å². The Morgan fingerprint density at radius 2 is 1.52 bits per heavy atom. The molecule has 0 radical (unpaired) electrons. The maximum Gasteiger partial charge on any atom is 0.328 e. The van der Waals surface area contributed by atoms with Crippen molar-refractivity contribution in [3.8, 4) is 0 Å². The van der Waals surface area contributed by atoms with Crippen molar-refractivity contribution in [3.63, 3.8) is 0 Å². The Labute approximate surface area is 172 Å². The van der Waals surface area contributed by atoms with E-state index in [1.54, 1.807) is 6.26 Å². The van der Waals surface area contributed by atoms with Crippen molar-refractivity contribution in [1.29, 1.82) is 0 Å². The van der Waals surface area contributed by atoms with Gasteiger partial charge in [0.05, 0.1) is 12.6 Å². The maximum absolute atomic E-state index is 12.5. The van der Waals surface area contributed by atoms with Gasteiger partial charge < -0.3 is 37.0 Å². The highest BCUT2D eigenvalue weighted by Gasteiger charge is 2.31. The molecule has 0 aliphatic carbocycles. The number of nitrogens with one attached hydrogen (secondary N) is 3. The van der Waals surface area contributed by atoms with Gasteiger partial charge in [-0.05, 0) is 31.8 Å². The van der Waals surface area contributed by atoms with E-state index >= 15 is 0 Å². The number of aliphatic hydroxyl groups is 1. The third kappa shape index (κ3) is 10.7. The molecule has 0 spiro atoms. The first-order chi connectivity index (χ1) is 13.5. The number of rotatable bonds is 14. The van der Waals surface area contributed by atoms with Gasteiger partial charge in [-0.15, -0.1) is 0 Å². The van der Waals surface area contributed by atoms with Crippen LogP contribution in [0.25, 0.3) is 0 Å². The van der Waals surface area contributed by atoms with Crippen LogP contribution in [-0.2, 0) is 24.0 Å². The van der Waals surface area contributed by atoms with Gasteiger partial charge in [-0.2, -0.15) is 11.8 Å². The summed E-state index contributed by atoms with van der Waals surface area (Å²) in [5.41, 5.74) is 5.23. The lowest BCUT2D eigenvalue weighted by Crippen LogP contribution is -2.57. The van der Waals surface area contributed by atoms with Crippen LogP contribution in [0.4, 0.5) is 0 Å². The second kappa shape index (κ2) is 13.7. The molecule has 0 aromatic rings. The van der Waals surface area contributed by atoms with Gasteiger partial charge in [-0.3, -0.25) is 19.2 Å². The summed E-state index contributed by atoms with van der Waals surface area (Å²) in [5, 5.41) is 34.2. The average molecular weight is 436 g/mol. The van der Waals surface area contributed by atoms with E-state index in [1.165, 1.54) is 11.8 Å². The number of thioether (sulfide) groups is 1. The molecule has 12 nitrogen and oxygen atoms in total. The number of amides is 3. The minimum absolute atomic E-state index is 0.234. The van der Waals surface area contributed by atoms with Crippen LogP contribution in [0, 0.1) is 0 Å². The molecule has 4 atom stereocenters. The summed E-state index contributed by atoms with van der Waals surface area (Å²) < 4.78 is 0. The molecule has 0 aromatic carbocycles. The third-order valence-electron chi connectivity index (χ3n) is 3.77. The van der Waals surface area contributed by atoms with Gasteiger partial charge >= 0.3 is 11.9 Å². The second-order valence-electron chi connectivity index (χ2n) is 6.16. The van der Waals surface area contributed by atoms with Gasteiger partial charge in [-0.25, -0.2) is 4.79 Å². The molecule has 29 heavy (non-hydrogen) atoms. The fourth-order valence-electron chi connectivity index (χ4n) is 2.21. The van der Waals surface area contributed by atoms with Crippen molar-refractivity contribution in [2.45, 2.75) is 50.4 Å². The number of aliphatic carboxylic acids is 2. The molecule has 166 valence electrons. The summed E-state index contributed by atoms with van der Waals surface area (Å²) in [7, 11) is 0. The molecule has 0 heterocycles. The SMILES string of the molecule is CSCCC(NC(=O)CN)C(=O)NC(CCC(=O)O)C(=O)NC(C(=O)O)C(C)O. The van der Waals surface area contributed by atoms with Gasteiger partial charge in [0.25, 0.3) is 0 Å². The number of hydrogen-bond acceptors (Lipinski definition) is 8. The first-order valence-corrected chi connectivity index (χ1v) is 10.1. The van der Waals surface area contributed by atoms with Crippen LogP contribution in [0.2, 0.25) is 0 Å². The quantitative estimate of drug-likeness (QED) is 0.152. The van der Waals surface area contributed by atoms with Crippen molar-refractivity contribution >= 4 is 41.4 Å². The summed E-state index contributed by atoms with van der Waals surface area (Å²) in [6.07, 6.45) is -0.192. The first-order valence-electron chi connectivity index (χ1n) is 8.75. The Balaban J connectivity index is 5.36. The summed E-state index contributed by atoms with van der Waals surface area (Å²) in [5.74, 6) is -4.50. The Hall–Kier alpha value is -2.38. The van der Waals surface area contributed by atoms with Crippen LogP contribution in [0.15, 0.2) is 0 Å². The van der Waals surface area contributed by atoms with Crippen molar-refractivity contribution in [2.24, 2.45) is 5.73 Å². The Kier molecular flexibility index (Phi) is 12.6.